The second-order valence-corrected chi connectivity index (χ2v) is 6.08. The van der Waals surface area contributed by atoms with E-state index in [1.54, 1.807) is 0 Å². The van der Waals surface area contributed by atoms with Gasteiger partial charge in [0.25, 0.3) is 0 Å². The number of hydrogen-bond donors (Lipinski definition) is 0. The van der Waals surface area contributed by atoms with Crippen LogP contribution >= 0.6 is 0 Å². The molecule has 0 spiro atoms. The van der Waals surface area contributed by atoms with Crippen LogP contribution < -0.4 is 0 Å². The van der Waals surface area contributed by atoms with Crippen molar-refractivity contribution >= 4 is 5.97 Å². The lowest BCUT2D eigenvalue weighted by atomic mass is 9.88. The van der Waals surface area contributed by atoms with Gasteiger partial charge in [0.15, 0.2) is 0 Å². The summed E-state index contributed by atoms with van der Waals surface area (Å²) in [5.41, 5.74) is -0.0954. The van der Waals surface area contributed by atoms with Crippen LogP contribution in [-0.4, -0.2) is 12.6 Å². The quantitative estimate of drug-likeness (QED) is 0.651. The van der Waals surface area contributed by atoms with Gasteiger partial charge in [-0.1, -0.05) is 34.1 Å². The molecule has 90 valence electrons. The van der Waals surface area contributed by atoms with Crippen LogP contribution in [0.25, 0.3) is 0 Å². The third kappa shape index (κ3) is 6.53. The van der Waals surface area contributed by atoms with Gasteiger partial charge in [-0.2, -0.15) is 0 Å². The lowest BCUT2D eigenvalue weighted by molar-refractivity contribution is -0.155. The fourth-order valence-corrected chi connectivity index (χ4v) is 1.37. The Morgan fingerprint density at radius 2 is 1.60 bits per heavy atom. The summed E-state index contributed by atoms with van der Waals surface area (Å²) in [6.07, 6.45) is 2.82. The van der Waals surface area contributed by atoms with Gasteiger partial charge in [0, 0.05) is 0 Å². The first-order valence-corrected chi connectivity index (χ1v) is 5.86. The smallest absolute Gasteiger partial charge is 0.311 e. The molecular weight excluding hydrogens is 188 g/mol. The largest absolute Gasteiger partial charge is 0.465 e. The Morgan fingerprint density at radius 1 is 1.07 bits per heavy atom. The third-order valence-corrected chi connectivity index (χ3v) is 2.51. The van der Waals surface area contributed by atoms with Crippen molar-refractivity contribution in [3.8, 4) is 0 Å². The number of carbonyl (C=O) groups excluding carboxylic acids is 1. The van der Waals surface area contributed by atoms with Crippen LogP contribution in [0.2, 0.25) is 0 Å². The zero-order valence-electron chi connectivity index (χ0n) is 11.1. The molecule has 0 unspecified atom stereocenters. The van der Waals surface area contributed by atoms with Crippen molar-refractivity contribution in [3.05, 3.63) is 0 Å². The van der Waals surface area contributed by atoms with Gasteiger partial charge in [-0.3, -0.25) is 4.79 Å². The van der Waals surface area contributed by atoms with Crippen LogP contribution in [0.1, 0.15) is 60.8 Å². The van der Waals surface area contributed by atoms with Crippen molar-refractivity contribution in [2.45, 2.75) is 60.8 Å². The molecule has 0 bridgehead atoms. The summed E-state index contributed by atoms with van der Waals surface area (Å²) < 4.78 is 5.30. The predicted octanol–water partition coefficient (Wildman–Crippen LogP) is 3.79. The van der Waals surface area contributed by atoms with E-state index in [2.05, 4.69) is 27.7 Å². The average Bonchev–Trinajstić information content (AvgIpc) is 2.01. The summed E-state index contributed by atoms with van der Waals surface area (Å²) >= 11 is 0. The predicted molar refractivity (Wildman–Crippen MR) is 63.7 cm³/mol. The first-order valence-electron chi connectivity index (χ1n) is 5.86. The number of carbonyl (C=O) groups is 1. The highest BCUT2D eigenvalue weighted by Gasteiger charge is 2.28. The number of hydrogen-bond acceptors (Lipinski definition) is 2. The molecule has 0 aliphatic carbocycles. The van der Waals surface area contributed by atoms with Crippen molar-refractivity contribution in [3.63, 3.8) is 0 Å². The van der Waals surface area contributed by atoms with E-state index in [9.17, 15) is 4.79 Å². The first-order chi connectivity index (χ1) is 6.69. The van der Waals surface area contributed by atoms with E-state index in [1.807, 2.05) is 13.8 Å². The van der Waals surface area contributed by atoms with Crippen molar-refractivity contribution in [2.24, 2.45) is 10.8 Å². The topological polar surface area (TPSA) is 26.3 Å². The van der Waals surface area contributed by atoms with Gasteiger partial charge in [0.2, 0.25) is 0 Å². The Morgan fingerprint density at radius 3 is 2.00 bits per heavy atom. The van der Waals surface area contributed by atoms with Gasteiger partial charge in [0.05, 0.1) is 12.0 Å². The molecule has 0 aromatic heterocycles. The average molecular weight is 214 g/mol. The second kappa shape index (κ2) is 5.53. The van der Waals surface area contributed by atoms with E-state index >= 15 is 0 Å². The molecule has 0 saturated heterocycles. The van der Waals surface area contributed by atoms with Crippen LogP contribution in [0.5, 0.6) is 0 Å². The van der Waals surface area contributed by atoms with E-state index in [0.29, 0.717) is 6.61 Å². The minimum Gasteiger partial charge on any atom is -0.465 e. The molecule has 0 aromatic carbocycles. The summed E-state index contributed by atoms with van der Waals surface area (Å²) in [7, 11) is 0. The molecule has 0 N–H and O–H groups in total. The standard InChI is InChI=1S/C13H26O2/c1-7-8-13(5,6)11(14)15-10-9-12(2,3)4/h7-10H2,1-6H3. The lowest BCUT2D eigenvalue weighted by Crippen LogP contribution is -2.27. The summed E-state index contributed by atoms with van der Waals surface area (Å²) in [5.74, 6) is -0.0615. The molecule has 0 rings (SSSR count). The Kier molecular flexibility index (Phi) is 5.33. The van der Waals surface area contributed by atoms with Crippen LogP contribution in [0.15, 0.2) is 0 Å². The zero-order chi connectivity index (χ0) is 12.1. The Labute approximate surface area is 94.4 Å². The number of ether oxygens (including phenoxy) is 1. The van der Waals surface area contributed by atoms with Gasteiger partial charge in [-0.25, -0.2) is 0 Å². The minimum absolute atomic E-state index is 0.0615. The summed E-state index contributed by atoms with van der Waals surface area (Å²) in [6.45, 7) is 13.0. The maximum absolute atomic E-state index is 11.7. The molecule has 0 radical (unpaired) electrons. The van der Waals surface area contributed by atoms with Crippen LogP contribution in [-0.2, 0) is 9.53 Å². The molecule has 0 fully saturated rings. The van der Waals surface area contributed by atoms with E-state index in [-0.39, 0.29) is 16.8 Å². The Balaban J connectivity index is 3.94. The molecule has 15 heavy (non-hydrogen) atoms. The highest BCUT2D eigenvalue weighted by Crippen LogP contribution is 2.25. The van der Waals surface area contributed by atoms with E-state index in [1.165, 1.54) is 0 Å². The first kappa shape index (κ1) is 14.5. The molecule has 2 heteroatoms. The highest BCUT2D eigenvalue weighted by molar-refractivity contribution is 5.75. The van der Waals surface area contributed by atoms with E-state index in [4.69, 9.17) is 4.74 Å². The maximum atomic E-state index is 11.7. The van der Waals surface area contributed by atoms with E-state index in [0.717, 1.165) is 19.3 Å². The monoisotopic (exact) mass is 214 g/mol. The number of esters is 1. The van der Waals surface area contributed by atoms with Crippen molar-refractivity contribution in [1.29, 1.82) is 0 Å². The normalized spacial score (nSPS) is 12.7. The second-order valence-electron chi connectivity index (χ2n) is 6.08. The molecule has 0 aliphatic rings. The van der Waals surface area contributed by atoms with Crippen LogP contribution in [0.3, 0.4) is 0 Å². The fraction of sp³-hybridized carbons (Fsp3) is 0.923. The third-order valence-electron chi connectivity index (χ3n) is 2.51. The van der Waals surface area contributed by atoms with Crippen molar-refractivity contribution in [2.75, 3.05) is 6.61 Å². The molecule has 0 atom stereocenters. The molecule has 0 saturated carbocycles. The molecule has 0 aromatic rings. The SMILES string of the molecule is CCCC(C)(C)C(=O)OCCC(C)(C)C. The van der Waals surface area contributed by atoms with Crippen LogP contribution in [0, 0.1) is 10.8 Å². The van der Waals surface area contributed by atoms with Gasteiger partial charge < -0.3 is 4.74 Å². The molecular formula is C13H26O2. The summed E-state index contributed by atoms with van der Waals surface area (Å²) in [5, 5.41) is 0. The van der Waals surface area contributed by atoms with Gasteiger partial charge in [-0.15, -0.1) is 0 Å². The fourth-order valence-electron chi connectivity index (χ4n) is 1.37. The van der Waals surface area contributed by atoms with Gasteiger partial charge in [-0.05, 0) is 32.1 Å². The molecule has 0 heterocycles. The van der Waals surface area contributed by atoms with Crippen molar-refractivity contribution in [1.82, 2.24) is 0 Å². The lowest BCUT2D eigenvalue weighted by Gasteiger charge is -2.23. The molecule has 2 nitrogen and oxygen atoms in total. The Bertz CT molecular complexity index is 199. The zero-order valence-corrected chi connectivity index (χ0v) is 11.1. The maximum Gasteiger partial charge on any atom is 0.311 e. The summed E-state index contributed by atoms with van der Waals surface area (Å²) in [6, 6.07) is 0. The Hall–Kier alpha value is -0.530. The minimum atomic E-state index is -0.327. The van der Waals surface area contributed by atoms with Gasteiger partial charge >= 0.3 is 5.97 Å². The highest BCUT2D eigenvalue weighted by atomic mass is 16.5. The van der Waals surface area contributed by atoms with Crippen LogP contribution in [0.4, 0.5) is 0 Å². The van der Waals surface area contributed by atoms with Crippen molar-refractivity contribution < 1.29 is 9.53 Å². The van der Waals surface area contributed by atoms with E-state index < -0.39 is 0 Å². The molecule has 0 amide bonds. The number of rotatable bonds is 5. The summed E-state index contributed by atoms with van der Waals surface area (Å²) in [4.78, 5) is 11.7. The molecule has 0 aliphatic heterocycles. The van der Waals surface area contributed by atoms with Gasteiger partial charge in [0.1, 0.15) is 0 Å².